The van der Waals surface area contributed by atoms with Gasteiger partial charge in [0.15, 0.2) is 6.10 Å². The molecule has 1 N–H and O–H groups in total. The van der Waals surface area contributed by atoms with Crippen LogP contribution in [0.3, 0.4) is 0 Å². The molecule has 34 heavy (non-hydrogen) atoms. The minimum Gasteiger partial charge on any atom is -0.497 e. The van der Waals surface area contributed by atoms with E-state index in [1.807, 2.05) is 53.2 Å². The zero-order valence-electron chi connectivity index (χ0n) is 17.8. The molecule has 3 heterocycles. The molecule has 0 fully saturated rings. The zero-order chi connectivity index (χ0) is 23.4. The van der Waals surface area contributed by atoms with Crippen LogP contribution in [0.25, 0.3) is 5.70 Å². The van der Waals surface area contributed by atoms with Crippen molar-refractivity contribution in [1.29, 1.82) is 0 Å². The minimum atomic E-state index is -0.509. The van der Waals surface area contributed by atoms with Crippen LogP contribution in [0.15, 0.2) is 72.6 Å². The molecule has 4 aromatic rings. The van der Waals surface area contributed by atoms with Gasteiger partial charge in [-0.15, -0.1) is 0 Å². The van der Waals surface area contributed by atoms with Crippen molar-refractivity contribution >= 4 is 46.4 Å². The highest BCUT2D eigenvalue weighted by molar-refractivity contribution is 6.35. The molecular weight excluding hydrogens is 495 g/mol. The summed E-state index contributed by atoms with van der Waals surface area (Å²) < 4.78 is 13.8. The van der Waals surface area contributed by atoms with E-state index < -0.39 is 6.10 Å². The summed E-state index contributed by atoms with van der Waals surface area (Å²) in [6.45, 7) is 0. The van der Waals surface area contributed by atoms with Crippen LogP contribution in [0.4, 0.5) is 5.95 Å². The lowest BCUT2D eigenvalue weighted by Crippen LogP contribution is -2.32. The van der Waals surface area contributed by atoms with Gasteiger partial charge in [-0.1, -0.05) is 53.0 Å². The number of halogens is 3. The third-order valence-corrected chi connectivity index (χ3v) is 6.85. The number of nitrogens with one attached hydrogen (secondary N) is 1. The van der Waals surface area contributed by atoms with E-state index >= 15 is 0 Å². The van der Waals surface area contributed by atoms with Gasteiger partial charge in [-0.3, -0.25) is 0 Å². The lowest BCUT2D eigenvalue weighted by molar-refractivity contribution is 0.223. The monoisotopic (exact) mass is 510 g/mol. The molecule has 0 unspecified atom stereocenters. The number of nitrogens with zero attached hydrogens (tertiary/aromatic N) is 3. The average Bonchev–Trinajstić information content (AvgIpc) is 3.31. The van der Waals surface area contributed by atoms with E-state index in [-0.39, 0.29) is 6.04 Å². The molecule has 3 aromatic carbocycles. The number of aromatic nitrogens is 3. The highest BCUT2D eigenvalue weighted by atomic mass is 35.5. The molecule has 0 spiro atoms. The lowest BCUT2D eigenvalue weighted by Gasteiger charge is -2.39. The summed E-state index contributed by atoms with van der Waals surface area (Å²) >= 11 is 19.3. The number of rotatable bonds is 3. The second-order valence-electron chi connectivity index (χ2n) is 7.96. The SMILES string of the molecule is COc1ccc([C@H]2C3=C(Nc4ncnn42)c2cc(Cl)ccc2O[C@@H]3c2ccc(Cl)cc2Cl)cc1. The van der Waals surface area contributed by atoms with Crippen molar-refractivity contribution in [3.8, 4) is 11.5 Å². The minimum absolute atomic E-state index is 0.316. The summed E-state index contributed by atoms with van der Waals surface area (Å²) in [5, 5.41) is 9.65. The maximum Gasteiger partial charge on any atom is 0.226 e. The quantitative estimate of drug-likeness (QED) is 0.327. The van der Waals surface area contributed by atoms with Crippen molar-refractivity contribution < 1.29 is 9.47 Å². The van der Waals surface area contributed by atoms with Crippen molar-refractivity contribution in [1.82, 2.24) is 14.8 Å². The van der Waals surface area contributed by atoms with E-state index in [0.717, 1.165) is 33.7 Å². The molecule has 170 valence electrons. The molecule has 2 aliphatic heterocycles. The zero-order valence-corrected chi connectivity index (χ0v) is 20.1. The Balaban J connectivity index is 1.63. The Bertz CT molecular complexity index is 1450. The third-order valence-electron chi connectivity index (χ3n) is 6.05. The van der Waals surface area contributed by atoms with Crippen LogP contribution in [0, 0.1) is 0 Å². The molecule has 6 rings (SSSR count). The molecule has 9 heteroatoms. The van der Waals surface area contributed by atoms with Gasteiger partial charge in [-0.05, 0) is 48.0 Å². The summed E-state index contributed by atoms with van der Waals surface area (Å²) in [5.41, 5.74) is 4.42. The largest absolute Gasteiger partial charge is 0.497 e. The Morgan fingerprint density at radius 2 is 1.74 bits per heavy atom. The van der Waals surface area contributed by atoms with Gasteiger partial charge >= 0.3 is 0 Å². The first-order valence-corrected chi connectivity index (χ1v) is 11.6. The van der Waals surface area contributed by atoms with Gasteiger partial charge in [-0.25, -0.2) is 4.68 Å². The van der Waals surface area contributed by atoms with Gasteiger partial charge in [0.1, 0.15) is 23.9 Å². The molecule has 1 aromatic heterocycles. The normalized spacial score (nSPS) is 18.4. The molecule has 0 aliphatic carbocycles. The highest BCUT2D eigenvalue weighted by Crippen LogP contribution is 2.52. The number of hydrogen-bond donors (Lipinski definition) is 1. The third kappa shape index (κ3) is 3.41. The van der Waals surface area contributed by atoms with Crippen molar-refractivity contribution in [3.63, 3.8) is 0 Å². The second kappa shape index (κ2) is 8.24. The van der Waals surface area contributed by atoms with Gasteiger partial charge in [0.05, 0.1) is 12.8 Å². The Morgan fingerprint density at radius 3 is 2.50 bits per heavy atom. The van der Waals surface area contributed by atoms with E-state index in [1.165, 1.54) is 6.33 Å². The first-order valence-electron chi connectivity index (χ1n) is 10.5. The predicted molar refractivity (Wildman–Crippen MR) is 133 cm³/mol. The molecule has 2 aliphatic rings. The van der Waals surface area contributed by atoms with Gasteiger partial charge in [0, 0.05) is 31.8 Å². The van der Waals surface area contributed by atoms with E-state index in [2.05, 4.69) is 15.4 Å². The molecular formula is C25H17Cl3N4O2. The van der Waals surface area contributed by atoms with Crippen LogP contribution in [-0.4, -0.2) is 21.9 Å². The number of hydrogen-bond acceptors (Lipinski definition) is 5. The van der Waals surface area contributed by atoms with Crippen LogP contribution < -0.4 is 14.8 Å². The van der Waals surface area contributed by atoms with Crippen LogP contribution in [0.2, 0.25) is 15.1 Å². The van der Waals surface area contributed by atoms with Crippen LogP contribution in [0.1, 0.15) is 28.8 Å². The van der Waals surface area contributed by atoms with Crippen LogP contribution >= 0.6 is 34.8 Å². The van der Waals surface area contributed by atoms with E-state index in [0.29, 0.717) is 26.8 Å². The Labute approximate surface area is 210 Å². The molecule has 2 atom stereocenters. The Hall–Kier alpha value is -3.19. The number of benzene rings is 3. The molecule has 6 nitrogen and oxygen atoms in total. The molecule has 0 saturated heterocycles. The fourth-order valence-corrected chi connectivity index (χ4v) is 5.20. The summed E-state index contributed by atoms with van der Waals surface area (Å²) in [5.74, 6) is 2.07. The number of anilines is 1. The Kier molecular flexibility index (Phi) is 5.17. The molecule has 0 amide bonds. The summed E-state index contributed by atoms with van der Waals surface area (Å²) in [6.07, 6.45) is 1.02. The molecule has 0 radical (unpaired) electrons. The van der Waals surface area contributed by atoms with Crippen LogP contribution in [-0.2, 0) is 0 Å². The van der Waals surface area contributed by atoms with Gasteiger partial charge < -0.3 is 14.8 Å². The standard InChI is InChI=1S/C25H17Cl3N4O2/c1-33-16-6-2-13(3-7-16)23-21-22(31-25-29-12-30-32(23)25)18-10-14(26)5-9-20(18)34-24(21)17-8-4-15(27)11-19(17)28/h2-12,23-24H,1H3,(H,29,30,31)/t23-,24+/m0/s1. The van der Waals surface area contributed by atoms with Crippen molar-refractivity contribution in [3.05, 3.63) is 104 Å². The number of methoxy groups -OCH3 is 1. The topological polar surface area (TPSA) is 61.2 Å². The summed E-state index contributed by atoms with van der Waals surface area (Å²) in [6, 6.07) is 18.5. The first-order chi connectivity index (χ1) is 16.5. The smallest absolute Gasteiger partial charge is 0.226 e. The van der Waals surface area contributed by atoms with E-state index in [4.69, 9.17) is 44.3 Å². The summed E-state index contributed by atoms with van der Waals surface area (Å²) in [4.78, 5) is 4.44. The van der Waals surface area contributed by atoms with Gasteiger partial charge in [0.2, 0.25) is 5.95 Å². The van der Waals surface area contributed by atoms with E-state index in [1.54, 1.807) is 19.2 Å². The van der Waals surface area contributed by atoms with Crippen molar-refractivity contribution in [2.45, 2.75) is 12.1 Å². The molecule has 0 bridgehead atoms. The number of ether oxygens (including phenoxy) is 2. The predicted octanol–water partition coefficient (Wildman–Crippen LogP) is 6.81. The molecule has 0 saturated carbocycles. The van der Waals surface area contributed by atoms with Crippen LogP contribution in [0.5, 0.6) is 11.5 Å². The summed E-state index contributed by atoms with van der Waals surface area (Å²) in [7, 11) is 1.64. The Morgan fingerprint density at radius 1 is 0.971 bits per heavy atom. The lowest BCUT2D eigenvalue weighted by atomic mass is 9.84. The van der Waals surface area contributed by atoms with Gasteiger partial charge in [-0.2, -0.15) is 10.1 Å². The number of fused-ring (bicyclic) bond motifs is 3. The van der Waals surface area contributed by atoms with Crippen molar-refractivity contribution in [2.75, 3.05) is 12.4 Å². The second-order valence-corrected chi connectivity index (χ2v) is 9.24. The highest BCUT2D eigenvalue weighted by Gasteiger charge is 2.41. The fourth-order valence-electron chi connectivity index (χ4n) is 4.52. The van der Waals surface area contributed by atoms with E-state index in [9.17, 15) is 0 Å². The average molecular weight is 512 g/mol. The maximum atomic E-state index is 6.68. The van der Waals surface area contributed by atoms with Gasteiger partial charge in [0.25, 0.3) is 0 Å². The maximum absolute atomic E-state index is 6.68. The van der Waals surface area contributed by atoms with Crippen molar-refractivity contribution in [2.24, 2.45) is 0 Å². The fraction of sp³-hybridized carbons (Fsp3) is 0.120. The first kappa shape index (κ1) is 21.4.